The third-order valence-corrected chi connectivity index (χ3v) is 2.90. The summed E-state index contributed by atoms with van der Waals surface area (Å²) in [6, 6.07) is 8.50. The van der Waals surface area contributed by atoms with Gasteiger partial charge in [-0.1, -0.05) is 30.9 Å². The third kappa shape index (κ3) is 1.10. The topological polar surface area (TPSA) is 17.3 Å². The van der Waals surface area contributed by atoms with Crippen LogP contribution < -0.4 is 5.48 Å². The van der Waals surface area contributed by atoms with Crippen LogP contribution in [0.4, 0.5) is 0 Å². The normalized spacial score (nSPS) is 12.7. The molecule has 0 spiro atoms. The zero-order valence-corrected chi connectivity index (χ0v) is 9.14. The van der Waals surface area contributed by atoms with Crippen LogP contribution in [-0.2, 0) is 0 Å². The first-order valence-corrected chi connectivity index (χ1v) is 5.29. The van der Waals surface area contributed by atoms with Crippen molar-refractivity contribution in [2.45, 2.75) is 6.92 Å². The van der Waals surface area contributed by atoms with Crippen molar-refractivity contribution in [3.05, 3.63) is 54.3 Å². The first kappa shape index (κ1) is 9.16. The number of aromatic nitrogens is 2. The van der Waals surface area contributed by atoms with E-state index in [0.29, 0.717) is 0 Å². The van der Waals surface area contributed by atoms with Gasteiger partial charge in [0, 0.05) is 17.3 Å². The molecule has 0 aliphatic carbocycles. The van der Waals surface area contributed by atoms with Crippen LogP contribution in [0.5, 0.6) is 0 Å². The second kappa shape index (κ2) is 3.20. The third-order valence-electron chi connectivity index (χ3n) is 2.90. The summed E-state index contributed by atoms with van der Waals surface area (Å²) in [6.07, 6.45) is 5.61. The summed E-state index contributed by atoms with van der Waals surface area (Å²) in [7, 11) is 0. The Bertz CT molecular complexity index is 720. The zero-order chi connectivity index (χ0) is 11.1. The molecule has 78 valence electrons. The van der Waals surface area contributed by atoms with E-state index in [9.17, 15) is 0 Å². The van der Waals surface area contributed by atoms with Gasteiger partial charge in [-0.2, -0.15) is 0 Å². The van der Waals surface area contributed by atoms with E-state index in [1.165, 1.54) is 22.0 Å². The van der Waals surface area contributed by atoms with E-state index in [0.717, 1.165) is 5.48 Å². The Morgan fingerprint density at radius 3 is 2.75 bits per heavy atom. The standard InChI is InChI=1S/C14H12N2/c1-3-4-13-15-9-12-8-7-11-6-5-10(2)16(13)14(11)12/h3-9H,1H2,2H3/b13-4-. The Morgan fingerprint density at radius 1 is 1.19 bits per heavy atom. The zero-order valence-electron chi connectivity index (χ0n) is 9.14. The van der Waals surface area contributed by atoms with E-state index in [2.05, 4.69) is 47.2 Å². The fourth-order valence-corrected chi connectivity index (χ4v) is 2.17. The molecule has 2 nitrogen and oxygen atoms in total. The maximum atomic E-state index is 4.45. The van der Waals surface area contributed by atoms with Gasteiger partial charge in [0.25, 0.3) is 0 Å². The molecule has 0 radical (unpaired) electrons. The highest BCUT2D eigenvalue weighted by atomic mass is 15.0. The minimum Gasteiger partial charge on any atom is -0.298 e. The maximum Gasteiger partial charge on any atom is 0.137 e. The molecule has 0 saturated heterocycles. The highest BCUT2D eigenvalue weighted by Gasteiger charge is 2.05. The van der Waals surface area contributed by atoms with Crippen molar-refractivity contribution in [2.75, 3.05) is 0 Å². The van der Waals surface area contributed by atoms with Gasteiger partial charge in [0.05, 0.1) is 5.52 Å². The lowest BCUT2D eigenvalue weighted by Crippen LogP contribution is -2.19. The fraction of sp³-hybridized carbons (Fsp3) is 0.0714. The molecule has 2 heteroatoms. The summed E-state index contributed by atoms with van der Waals surface area (Å²) in [5.74, 6) is 0. The van der Waals surface area contributed by atoms with Crippen molar-refractivity contribution in [3.63, 3.8) is 0 Å². The van der Waals surface area contributed by atoms with Crippen molar-refractivity contribution in [1.82, 2.24) is 9.38 Å². The molecule has 1 aromatic carbocycles. The number of rotatable bonds is 1. The number of aryl methyl sites for hydroxylation is 1. The van der Waals surface area contributed by atoms with Gasteiger partial charge in [0.1, 0.15) is 5.48 Å². The fourth-order valence-electron chi connectivity index (χ4n) is 2.17. The first-order valence-electron chi connectivity index (χ1n) is 5.29. The molecular weight excluding hydrogens is 196 g/mol. The van der Waals surface area contributed by atoms with Crippen LogP contribution in [0.1, 0.15) is 5.69 Å². The van der Waals surface area contributed by atoms with Gasteiger partial charge < -0.3 is 0 Å². The monoisotopic (exact) mass is 208 g/mol. The van der Waals surface area contributed by atoms with E-state index in [1.807, 2.05) is 12.3 Å². The molecule has 0 saturated carbocycles. The Kier molecular flexibility index (Phi) is 1.83. The SMILES string of the molecule is C=C/C=c1/ncc2ccc3ccc(C)n1c32. The molecule has 0 unspecified atom stereocenters. The summed E-state index contributed by atoms with van der Waals surface area (Å²) in [5, 5.41) is 2.43. The number of nitrogens with zero attached hydrogens (tertiary/aromatic N) is 2. The van der Waals surface area contributed by atoms with Gasteiger partial charge in [-0.25, -0.2) is 4.98 Å². The average Bonchev–Trinajstić information content (AvgIpc) is 2.70. The minimum absolute atomic E-state index is 0.928. The van der Waals surface area contributed by atoms with Gasteiger partial charge >= 0.3 is 0 Å². The molecule has 0 bridgehead atoms. The van der Waals surface area contributed by atoms with E-state index < -0.39 is 0 Å². The molecule has 0 atom stereocenters. The second-order valence-corrected chi connectivity index (χ2v) is 3.92. The van der Waals surface area contributed by atoms with Crippen LogP contribution in [0.2, 0.25) is 0 Å². The number of hydrogen-bond donors (Lipinski definition) is 0. The van der Waals surface area contributed by atoms with Crippen molar-refractivity contribution in [3.8, 4) is 0 Å². The van der Waals surface area contributed by atoms with E-state index in [1.54, 1.807) is 6.08 Å². The molecule has 0 amide bonds. The molecule has 0 aliphatic heterocycles. The Balaban J connectivity index is 2.69. The first-order chi connectivity index (χ1) is 7.81. The molecular formula is C14H12N2. The van der Waals surface area contributed by atoms with Crippen molar-refractivity contribution < 1.29 is 0 Å². The van der Waals surface area contributed by atoms with Crippen LogP contribution in [0.15, 0.2) is 43.1 Å². The van der Waals surface area contributed by atoms with Crippen LogP contribution >= 0.6 is 0 Å². The second-order valence-electron chi connectivity index (χ2n) is 3.92. The highest BCUT2D eigenvalue weighted by Crippen LogP contribution is 2.21. The van der Waals surface area contributed by atoms with E-state index in [4.69, 9.17) is 0 Å². The largest absolute Gasteiger partial charge is 0.298 e. The quantitative estimate of drug-likeness (QED) is 0.600. The van der Waals surface area contributed by atoms with Crippen molar-refractivity contribution >= 4 is 22.4 Å². The van der Waals surface area contributed by atoms with E-state index in [-0.39, 0.29) is 0 Å². The highest BCUT2D eigenvalue weighted by molar-refractivity contribution is 5.97. The van der Waals surface area contributed by atoms with Crippen LogP contribution in [-0.4, -0.2) is 9.38 Å². The molecule has 3 rings (SSSR count). The predicted molar refractivity (Wildman–Crippen MR) is 67.3 cm³/mol. The predicted octanol–water partition coefficient (Wildman–Crippen LogP) is 2.48. The Morgan fingerprint density at radius 2 is 1.94 bits per heavy atom. The van der Waals surface area contributed by atoms with Gasteiger partial charge in [-0.3, -0.25) is 4.40 Å². The van der Waals surface area contributed by atoms with Crippen LogP contribution in [0.25, 0.3) is 22.4 Å². The molecule has 2 heterocycles. The van der Waals surface area contributed by atoms with Crippen molar-refractivity contribution in [1.29, 1.82) is 0 Å². The molecule has 0 N–H and O–H groups in total. The lowest BCUT2D eigenvalue weighted by molar-refractivity contribution is 0.976. The summed E-state index contributed by atoms with van der Waals surface area (Å²) in [6.45, 7) is 5.82. The molecule has 0 aliphatic rings. The Labute approximate surface area is 93.5 Å². The van der Waals surface area contributed by atoms with E-state index >= 15 is 0 Å². The number of pyridine rings is 1. The van der Waals surface area contributed by atoms with Crippen LogP contribution in [0.3, 0.4) is 0 Å². The molecule has 0 fully saturated rings. The lowest BCUT2D eigenvalue weighted by atomic mass is 10.2. The molecule has 3 aromatic rings. The average molecular weight is 208 g/mol. The van der Waals surface area contributed by atoms with Gasteiger partial charge in [-0.15, -0.1) is 0 Å². The lowest BCUT2D eigenvalue weighted by Gasteiger charge is -2.06. The number of hydrogen-bond acceptors (Lipinski definition) is 1. The Hall–Kier alpha value is -2.09. The van der Waals surface area contributed by atoms with Gasteiger partial charge in [0.15, 0.2) is 0 Å². The van der Waals surface area contributed by atoms with Crippen LogP contribution in [0, 0.1) is 6.92 Å². The maximum absolute atomic E-state index is 4.45. The van der Waals surface area contributed by atoms with Gasteiger partial charge in [-0.05, 0) is 24.5 Å². The van der Waals surface area contributed by atoms with Crippen molar-refractivity contribution in [2.24, 2.45) is 0 Å². The summed E-state index contributed by atoms with van der Waals surface area (Å²) >= 11 is 0. The molecule has 2 aromatic heterocycles. The molecule has 16 heavy (non-hydrogen) atoms. The summed E-state index contributed by atoms with van der Waals surface area (Å²) in [4.78, 5) is 4.45. The summed E-state index contributed by atoms with van der Waals surface area (Å²) < 4.78 is 2.17. The van der Waals surface area contributed by atoms with Gasteiger partial charge in [0.2, 0.25) is 0 Å². The smallest absolute Gasteiger partial charge is 0.137 e. The number of allylic oxidation sites excluding steroid dienone is 1. The minimum atomic E-state index is 0.928. The summed E-state index contributed by atoms with van der Waals surface area (Å²) in [5.41, 5.74) is 3.35.